The van der Waals surface area contributed by atoms with Gasteiger partial charge in [0.1, 0.15) is 0 Å². The van der Waals surface area contributed by atoms with Crippen LogP contribution in [-0.2, 0) is 10.4 Å². The van der Waals surface area contributed by atoms with Crippen LogP contribution >= 0.6 is 11.6 Å². The van der Waals surface area contributed by atoms with Crippen molar-refractivity contribution in [1.82, 2.24) is 15.1 Å². The molecule has 150 valence electrons. The van der Waals surface area contributed by atoms with Crippen LogP contribution in [0.5, 0.6) is 0 Å². The van der Waals surface area contributed by atoms with Gasteiger partial charge < -0.3 is 15.1 Å². The Morgan fingerprint density at radius 3 is 2.54 bits per heavy atom. The number of fused-ring (bicyclic) bond motifs is 2. The predicted molar refractivity (Wildman–Crippen MR) is 106 cm³/mol. The third kappa shape index (κ3) is 3.02. The number of aromatic amines is 1. The third-order valence-corrected chi connectivity index (χ3v) is 7.38. The van der Waals surface area contributed by atoms with E-state index in [4.69, 9.17) is 11.6 Å². The first-order valence-electron chi connectivity index (χ1n) is 10.3. The molecule has 6 nitrogen and oxygen atoms in total. The highest BCUT2D eigenvalue weighted by Gasteiger charge is 2.51. The number of likely N-dealkylation sites (tertiary alicyclic amines) is 1. The number of halogens is 1. The van der Waals surface area contributed by atoms with Gasteiger partial charge in [-0.25, -0.2) is 0 Å². The highest BCUT2D eigenvalue weighted by atomic mass is 35.5. The molecule has 1 aromatic heterocycles. The normalized spacial score (nSPS) is 35.5. The van der Waals surface area contributed by atoms with Crippen molar-refractivity contribution < 1.29 is 15.0 Å². The summed E-state index contributed by atoms with van der Waals surface area (Å²) in [7, 11) is 0. The number of aliphatic hydroxyl groups is 2. The molecule has 7 heteroatoms. The van der Waals surface area contributed by atoms with E-state index in [2.05, 4.69) is 10.2 Å². The van der Waals surface area contributed by atoms with Crippen molar-refractivity contribution in [3.63, 3.8) is 0 Å². The fourth-order valence-electron chi connectivity index (χ4n) is 5.73. The van der Waals surface area contributed by atoms with Crippen LogP contribution in [0.15, 0.2) is 18.3 Å². The lowest BCUT2D eigenvalue weighted by molar-refractivity contribution is -0.136. The number of carbonyl (C=O) groups excluding carboxylic acids is 1. The van der Waals surface area contributed by atoms with Crippen molar-refractivity contribution >= 4 is 28.4 Å². The molecule has 3 aliphatic rings. The SMILES string of the molecule is O=C(C1CCC(O)CC1)N1C[C@@H]2CC(O)(c3cc(Cl)cc4[nH]ncc34)C[C@@H]2C1. The zero-order valence-corrected chi connectivity index (χ0v) is 16.5. The Bertz CT molecular complexity index is 891. The summed E-state index contributed by atoms with van der Waals surface area (Å²) in [4.78, 5) is 14.9. The van der Waals surface area contributed by atoms with Gasteiger partial charge in [-0.15, -0.1) is 0 Å². The number of hydrogen-bond donors (Lipinski definition) is 3. The van der Waals surface area contributed by atoms with Gasteiger partial charge in [-0.2, -0.15) is 5.10 Å². The number of benzene rings is 1. The molecule has 0 spiro atoms. The van der Waals surface area contributed by atoms with Gasteiger partial charge in [-0.3, -0.25) is 9.89 Å². The van der Waals surface area contributed by atoms with Gasteiger partial charge in [0.2, 0.25) is 5.91 Å². The van der Waals surface area contributed by atoms with Crippen LogP contribution in [0.4, 0.5) is 0 Å². The molecule has 1 amide bonds. The smallest absolute Gasteiger partial charge is 0.225 e. The number of carbonyl (C=O) groups is 1. The summed E-state index contributed by atoms with van der Waals surface area (Å²) in [5, 5.41) is 29.7. The molecular weight excluding hydrogens is 378 g/mol. The number of aromatic nitrogens is 2. The van der Waals surface area contributed by atoms with Crippen LogP contribution < -0.4 is 0 Å². The summed E-state index contributed by atoms with van der Waals surface area (Å²) >= 11 is 6.27. The van der Waals surface area contributed by atoms with E-state index in [1.54, 1.807) is 6.20 Å². The summed E-state index contributed by atoms with van der Waals surface area (Å²) in [6.45, 7) is 1.44. The van der Waals surface area contributed by atoms with Crippen molar-refractivity contribution in [2.24, 2.45) is 17.8 Å². The molecule has 28 heavy (non-hydrogen) atoms. The van der Waals surface area contributed by atoms with Crippen LogP contribution in [0.1, 0.15) is 44.1 Å². The Balaban J connectivity index is 1.31. The average molecular weight is 404 g/mol. The van der Waals surface area contributed by atoms with E-state index in [1.807, 2.05) is 17.0 Å². The second-order valence-electron chi connectivity index (χ2n) is 8.99. The monoisotopic (exact) mass is 403 g/mol. The maximum absolute atomic E-state index is 12.9. The van der Waals surface area contributed by atoms with E-state index in [-0.39, 0.29) is 17.9 Å². The average Bonchev–Trinajstić information content (AvgIpc) is 3.34. The molecule has 3 N–H and O–H groups in total. The van der Waals surface area contributed by atoms with E-state index < -0.39 is 5.60 Å². The summed E-state index contributed by atoms with van der Waals surface area (Å²) in [6.07, 6.45) is 5.83. The Labute approximate surface area is 168 Å². The summed E-state index contributed by atoms with van der Waals surface area (Å²) < 4.78 is 0. The maximum Gasteiger partial charge on any atom is 0.225 e. The molecular formula is C21H26ClN3O3. The van der Waals surface area contributed by atoms with Gasteiger partial charge in [0.15, 0.2) is 0 Å². The summed E-state index contributed by atoms with van der Waals surface area (Å²) in [5.74, 6) is 0.914. The second-order valence-corrected chi connectivity index (χ2v) is 9.43. The lowest BCUT2D eigenvalue weighted by atomic mass is 9.86. The van der Waals surface area contributed by atoms with Crippen LogP contribution in [0, 0.1) is 17.8 Å². The minimum Gasteiger partial charge on any atom is -0.393 e. The number of amides is 1. The van der Waals surface area contributed by atoms with Gasteiger partial charge in [-0.05, 0) is 68.1 Å². The Kier molecular flexibility index (Phi) is 4.41. The molecule has 1 saturated heterocycles. The lowest BCUT2D eigenvalue weighted by Crippen LogP contribution is -2.38. The van der Waals surface area contributed by atoms with Crippen LogP contribution in [0.3, 0.4) is 0 Å². The van der Waals surface area contributed by atoms with Crippen LogP contribution in [0.25, 0.3) is 10.9 Å². The zero-order valence-electron chi connectivity index (χ0n) is 15.8. The molecule has 1 aromatic carbocycles. The second kappa shape index (κ2) is 6.71. The quantitative estimate of drug-likeness (QED) is 0.719. The summed E-state index contributed by atoms with van der Waals surface area (Å²) in [5.41, 5.74) is 0.758. The maximum atomic E-state index is 12.9. The highest BCUT2D eigenvalue weighted by Crippen LogP contribution is 2.51. The highest BCUT2D eigenvalue weighted by molar-refractivity contribution is 6.31. The molecule has 3 atom stereocenters. The van der Waals surface area contributed by atoms with Gasteiger partial charge in [0.05, 0.1) is 23.4 Å². The van der Waals surface area contributed by atoms with Gasteiger partial charge in [0.25, 0.3) is 0 Å². The number of H-pyrrole nitrogens is 1. The van der Waals surface area contributed by atoms with E-state index in [0.29, 0.717) is 29.7 Å². The van der Waals surface area contributed by atoms with Crippen molar-refractivity contribution in [3.05, 3.63) is 28.9 Å². The fourth-order valence-corrected chi connectivity index (χ4v) is 5.95. The molecule has 2 aliphatic carbocycles. The molecule has 1 aliphatic heterocycles. The lowest BCUT2D eigenvalue weighted by Gasteiger charge is -2.30. The minimum atomic E-state index is -0.924. The molecule has 2 aromatic rings. The number of hydrogen-bond acceptors (Lipinski definition) is 4. The molecule has 2 saturated carbocycles. The third-order valence-electron chi connectivity index (χ3n) is 7.16. The first-order chi connectivity index (χ1) is 13.4. The van der Waals surface area contributed by atoms with Crippen LogP contribution in [-0.4, -0.2) is 50.4 Å². The number of aliphatic hydroxyl groups excluding tert-OH is 1. The Morgan fingerprint density at radius 2 is 1.86 bits per heavy atom. The first-order valence-corrected chi connectivity index (χ1v) is 10.6. The van der Waals surface area contributed by atoms with Crippen LogP contribution in [0.2, 0.25) is 5.02 Å². The van der Waals surface area contributed by atoms with E-state index in [1.165, 1.54) is 0 Å². The van der Waals surface area contributed by atoms with Crippen molar-refractivity contribution in [2.75, 3.05) is 13.1 Å². The molecule has 1 unspecified atom stereocenters. The molecule has 3 fully saturated rings. The number of nitrogens with zero attached hydrogens (tertiary/aromatic N) is 2. The standard InChI is InChI=1S/C21H26ClN3O3/c22-15-5-18(17-9-23-24-19(17)6-15)21(28)7-13-10-25(11-14(13)8-21)20(27)12-1-3-16(26)4-2-12/h5-6,9,12-14,16,26,28H,1-4,7-8,10-11H2,(H,23,24)/t12?,13-,14+,16?,21?. The Morgan fingerprint density at radius 1 is 1.18 bits per heavy atom. The topological polar surface area (TPSA) is 89.5 Å². The Hall–Kier alpha value is -1.63. The van der Waals surface area contributed by atoms with E-state index in [9.17, 15) is 15.0 Å². The fraction of sp³-hybridized carbons (Fsp3) is 0.619. The van der Waals surface area contributed by atoms with E-state index in [0.717, 1.165) is 55.2 Å². The van der Waals surface area contributed by atoms with E-state index >= 15 is 0 Å². The summed E-state index contributed by atoms with van der Waals surface area (Å²) in [6, 6.07) is 3.69. The molecule has 0 radical (unpaired) electrons. The largest absolute Gasteiger partial charge is 0.393 e. The number of nitrogens with one attached hydrogen (secondary N) is 1. The van der Waals surface area contributed by atoms with Gasteiger partial charge >= 0.3 is 0 Å². The first kappa shape index (κ1) is 18.4. The molecule has 0 bridgehead atoms. The van der Waals surface area contributed by atoms with Crippen molar-refractivity contribution in [3.8, 4) is 0 Å². The minimum absolute atomic E-state index is 0.0552. The molecule has 5 rings (SSSR count). The van der Waals surface area contributed by atoms with Crippen molar-refractivity contribution in [2.45, 2.75) is 50.2 Å². The molecule has 2 heterocycles. The number of rotatable bonds is 2. The predicted octanol–water partition coefficient (Wildman–Crippen LogP) is 2.82. The van der Waals surface area contributed by atoms with Gasteiger partial charge in [0, 0.05) is 29.4 Å². The zero-order chi connectivity index (χ0) is 19.5. The van der Waals surface area contributed by atoms with Gasteiger partial charge in [-0.1, -0.05) is 11.6 Å². The van der Waals surface area contributed by atoms with Crippen molar-refractivity contribution in [1.29, 1.82) is 0 Å².